The Kier molecular flexibility index (Phi) is 10.6. The average molecular weight is 618 g/mol. The van der Waals surface area contributed by atoms with Crippen LogP contribution in [0.2, 0.25) is 0 Å². The topological polar surface area (TPSA) is 102 Å². The number of halogens is 5. The first-order valence-corrected chi connectivity index (χ1v) is 13.9. The monoisotopic (exact) mass is 617 g/mol. The van der Waals surface area contributed by atoms with Gasteiger partial charge in [0.2, 0.25) is 5.82 Å². The van der Waals surface area contributed by atoms with E-state index < -0.39 is 59.1 Å². The Morgan fingerprint density at radius 2 is 1.98 bits per heavy atom. The van der Waals surface area contributed by atoms with Crippen LogP contribution < -0.4 is 10.1 Å². The molecule has 43 heavy (non-hydrogen) atoms. The summed E-state index contributed by atoms with van der Waals surface area (Å²) in [6, 6.07) is 4.82. The van der Waals surface area contributed by atoms with Crippen LogP contribution >= 0.6 is 0 Å². The highest BCUT2D eigenvalue weighted by atomic mass is 19.4. The molecular formula is C29H36F5N3O6. The van der Waals surface area contributed by atoms with Crippen molar-refractivity contribution in [3.05, 3.63) is 53.4 Å². The molecule has 0 bridgehead atoms. The lowest BCUT2D eigenvalue weighted by atomic mass is 9.77. The number of aliphatic hydroxyl groups is 1. The standard InChI is InChI=1S/C29H36F5N3O6/c1-17-23(21-4-5-22(30)24(31)25(21)42-13-10-37-8-11-41-12-9-37)26(43-28(17,2)29(32,33)34)27(39)36-18-6-7-35-19(14-18)15-20(38)16-40-3/h4-7,14,17,20,23,26,38H,8-13,15-16H2,1-3H3,(H,35,36,39)/t17-,20-,23-,26+,28+/m0/s1. The van der Waals surface area contributed by atoms with Crippen LogP contribution in [0.4, 0.5) is 27.6 Å². The number of pyridine rings is 1. The number of aromatic nitrogens is 1. The number of methoxy groups -OCH3 is 1. The molecule has 0 unspecified atom stereocenters. The molecule has 238 valence electrons. The third kappa shape index (κ3) is 7.43. The van der Waals surface area contributed by atoms with Crippen molar-refractivity contribution in [3.63, 3.8) is 0 Å². The van der Waals surface area contributed by atoms with E-state index in [1.54, 1.807) is 0 Å². The van der Waals surface area contributed by atoms with E-state index in [1.807, 2.05) is 4.90 Å². The van der Waals surface area contributed by atoms with E-state index in [0.717, 1.165) is 19.1 Å². The number of morpholine rings is 1. The van der Waals surface area contributed by atoms with Gasteiger partial charge >= 0.3 is 6.18 Å². The van der Waals surface area contributed by atoms with Crippen LogP contribution in [0.1, 0.15) is 31.0 Å². The first kappa shape index (κ1) is 33.0. The minimum absolute atomic E-state index is 0.0505. The van der Waals surface area contributed by atoms with E-state index in [-0.39, 0.29) is 30.9 Å². The van der Waals surface area contributed by atoms with Gasteiger partial charge in [-0.15, -0.1) is 0 Å². The molecule has 0 spiro atoms. The summed E-state index contributed by atoms with van der Waals surface area (Å²) in [5, 5.41) is 12.6. The van der Waals surface area contributed by atoms with Gasteiger partial charge in [-0.1, -0.05) is 13.0 Å². The molecular weight excluding hydrogens is 581 g/mol. The molecule has 2 aliphatic rings. The zero-order chi connectivity index (χ0) is 31.4. The number of hydrogen-bond acceptors (Lipinski definition) is 8. The van der Waals surface area contributed by atoms with Gasteiger partial charge in [-0.25, -0.2) is 4.39 Å². The Bertz CT molecular complexity index is 1260. The Morgan fingerprint density at radius 1 is 1.26 bits per heavy atom. The number of amides is 1. The number of carbonyl (C=O) groups is 1. The highest BCUT2D eigenvalue weighted by Crippen LogP contribution is 2.55. The van der Waals surface area contributed by atoms with Gasteiger partial charge in [0.05, 0.1) is 25.9 Å². The first-order valence-electron chi connectivity index (χ1n) is 13.9. The molecule has 2 N–H and O–H groups in total. The molecule has 0 aliphatic carbocycles. The summed E-state index contributed by atoms with van der Waals surface area (Å²) in [7, 11) is 1.43. The fourth-order valence-corrected chi connectivity index (χ4v) is 5.45. The zero-order valence-corrected chi connectivity index (χ0v) is 24.1. The van der Waals surface area contributed by atoms with Gasteiger partial charge in [-0.2, -0.15) is 17.6 Å². The normalized spacial score (nSPS) is 25.5. The third-order valence-corrected chi connectivity index (χ3v) is 8.01. The van der Waals surface area contributed by atoms with Gasteiger partial charge in [-0.3, -0.25) is 14.7 Å². The van der Waals surface area contributed by atoms with Crippen LogP contribution in [0.15, 0.2) is 30.5 Å². The molecule has 5 atom stereocenters. The van der Waals surface area contributed by atoms with Gasteiger partial charge in [0.15, 0.2) is 17.2 Å². The summed E-state index contributed by atoms with van der Waals surface area (Å²) < 4.78 is 94.0. The lowest BCUT2D eigenvalue weighted by Gasteiger charge is -2.32. The summed E-state index contributed by atoms with van der Waals surface area (Å²) in [6.07, 6.45) is -6.03. The average Bonchev–Trinajstić information content (AvgIpc) is 3.23. The van der Waals surface area contributed by atoms with E-state index in [9.17, 15) is 27.5 Å². The molecule has 1 amide bonds. The Labute approximate surface area is 246 Å². The minimum atomic E-state index is -4.89. The maximum absolute atomic E-state index is 15.2. The summed E-state index contributed by atoms with van der Waals surface area (Å²) in [6.45, 7) is 4.67. The van der Waals surface area contributed by atoms with Crippen LogP contribution in [-0.4, -0.2) is 98.1 Å². The number of nitrogens with zero attached hydrogens (tertiary/aromatic N) is 2. The predicted molar refractivity (Wildman–Crippen MR) is 145 cm³/mol. The van der Waals surface area contributed by atoms with Crippen LogP contribution in [0.3, 0.4) is 0 Å². The number of carbonyl (C=O) groups excluding carboxylic acids is 1. The van der Waals surface area contributed by atoms with Gasteiger partial charge in [0, 0.05) is 68.1 Å². The van der Waals surface area contributed by atoms with Gasteiger partial charge in [-0.05, 0) is 25.1 Å². The van der Waals surface area contributed by atoms with Crippen molar-refractivity contribution in [1.29, 1.82) is 0 Å². The van der Waals surface area contributed by atoms with Gasteiger partial charge < -0.3 is 29.4 Å². The quantitative estimate of drug-likeness (QED) is 0.369. The van der Waals surface area contributed by atoms with Crippen LogP contribution in [-0.2, 0) is 25.4 Å². The molecule has 0 saturated carbocycles. The van der Waals surface area contributed by atoms with Crippen molar-refractivity contribution in [2.75, 3.05) is 58.5 Å². The molecule has 3 heterocycles. The maximum atomic E-state index is 15.2. The number of aliphatic hydroxyl groups excluding tert-OH is 1. The van der Waals surface area contributed by atoms with Crippen molar-refractivity contribution in [2.45, 2.75) is 50.2 Å². The fraction of sp³-hybridized carbons (Fsp3) is 0.586. The Morgan fingerprint density at radius 3 is 2.65 bits per heavy atom. The number of nitrogens with one attached hydrogen (secondary N) is 1. The number of alkyl halides is 3. The van der Waals surface area contributed by atoms with Crippen LogP contribution in [0.5, 0.6) is 5.75 Å². The molecule has 1 aromatic carbocycles. The molecule has 4 rings (SSSR count). The molecule has 2 aliphatic heterocycles. The van der Waals surface area contributed by atoms with E-state index in [1.165, 1.54) is 32.4 Å². The number of rotatable bonds is 11. The van der Waals surface area contributed by atoms with Gasteiger partial charge in [0.25, 0.3) is 5.91 Å². The smallest absolute Gasteiger partial charge is 0.417 e. The van der Waals surface area contributed by atoms with E-state index in [0.29, 0.717) is 38.5 Å². The van der Waals surface area contributed by atoms with Crippen molar-refractivity contribution in [1.82, 2.24) is 9.88 Å². The second-order valence-electron chi connectivity index (χ2n) is 10.9. The highest BCUT2D eigenvalue weighted by molar-refractivity contribution is 5.95. The second kappa shape index (κ2) is 13.8. The van der Waals surface area contributed by atoms with E-state index in [4.69, 9.17) is 18.9 Å². The lowest BCUT2D eigenvalue weighted by molar-refractivity contribution is -0.272. The molecule has 2 aromatic rings. The summed E-state index contributed by atoms with van der Waals surface area (Å²) in [5.74, 6) is -6.84. The molecule has 1 aromatic heterocycles. The zero-order valence-electron chi connectivity index (χ0n) is 24.1. The fourth-order valence-electron chi connectivity index (χ4n) is 5.45. The van der Waals surface area contributed by atoms with Crippen molar-refractivity contribution < 1.29 is 50.8 Å². The largest absolute Gasteiger partial charge is 0.489 e. The number of benzene rings is 1. The van der Waals surface area contributed by atoms with Crippen LogP contribution in [0.25, 0.3) is 0 Å². The molecule has 14 heteroatoms. The number of anilines is 1. The minimum Gasteiger partial charge on any atom is -0.489 e. The molecule has 2 saturated heterocycles. The summed E-state index contributed by atoms with van der Waals surface area (Å²) >= 11 is 0. The molecule has 0 radical (unpaired) electrons. The van der Waals surface area contributed by atoms with Crippen LogP contribution in [0, 0.1) is 17.6 Å². The lowest BCUT2D eigenvalue weighted by Crippen LogP contribution is -2.47. The highest BCUT2D eigenvalue weighted by Gasteiger charge is 2.66. The Hall–Kier alpha value is -2.91. The summed E-state index contributed by atoms with van der Waals surface area (Å²) in [5.41, 5.74) is -2.30. The Balaban J connectivity index is 1.64. The first-order chi connectivity index (χ1) is 20.4. The predicted octanol–water partition coefficient (Wildman–Crippen LogP) is 3.70. The van der Waals surface area contributed by atoms with Crippen molar-refractivity contribution in [3.8, 4) is 5.75 Å². The van der Waals surface area contributed by atoms with Gasteiger partial charge in [0.1, 0.15) is 12.7 Å². The van der Waals surface area contributed by atoms with Crippen molar-refractivity contribution in [2.24, 2.45) is 5.92 Å². The number of hydrogen-bond donors (Lipinski definition) is 2. The summed E-state index contributed by atoms with van der Waals surface area (Å²) in [4.78, 5) is 19.7. The van der Waals surface area contributed by atoms with E-state index in [2.05, 4.69) is 10.3 Å². The number of ether oxygens (including phenoxy) is 4. The van der Waals surface area contributed by atoms with E-state index >= 15 is 4.39 Å². The second-order valence-corrected chi connectivity index (χ2v) is 10.9. The van der Waals surface area contributed by atoms with Crippen molar-refractivity contribution >= 4 is 11.6 Å². The third-order valence-electron chi connectivity index (χ3n) is 8.01. The molecule has 2 fully saturated rings. The molecule has 9 nitrogen and oxygen atoms in total. The SMILES string of the molecule is COC[C@@H](O)Cc1cc(NC(=O)[C@@H]2O[C@@](C)(C(F)(F)F)[C@@H](C)[C@H]2c2ccc(F)c(F)c2OCCN2CCOCC2)ccn1. The maximum Gasteiger partial charge on any atom is 0.417 e.